The molecule has 0 saturated heterocycles. The van der Waals surface area contributed by atoms with Crippen LogP contribution in [0.1, 0.15) is 17.5 Å². The van der Waals surface area contributed by atoms with Crippen molar-refractivity contribution in [1.29, 1.82) is 0 Å². The molecule has 1 aromatic carbocycles. The molecule has 2 aromatic rings. The van der Waals surface area contributed by atoms with Crippen LogP contribution in [0.2, 0.25) is 0 Å². The first-order valence-electron chi connectivity index (χ1n) is 6.79. The van der Waals surface area contributed by atoms with E-state index in [4.69, 9.17) is 4.74 Å². The normalized spacial score (nSPS) is 17.1. The third-order valence-electron chi connectivity index (χ3n) is 3.44. The number of hydrogen-bond donors (Lipinski definition) is 2. The van der Waals surface area contributed by atoms with Gasteiger partial charge in [-0.25, -0.2) is 0 Å². The number of carbonyl (C=O) groups excluding carboxylic acids is 1. The van der Waals surface area contributed by atoms with Crippen LogP contribution in [0.3, 0.4) is 0 Å². The van der Waals surface area contributed by atoms with Gasteiger partial charge in [-0.05, 0) is 30.0 Å². The van der Waals surface area contributed by atoms with Gasteiger partial charge in [0, 0.05) is 12.6 Å². The Labute approximate surface area is 117 Å². The molecule has 3 rings (SSSR count). The quantitative estimate of drug-likeness (QED) is 0.884. The Balaban J connectivity index is 1.50. The zero-order valence-electron chi connectivity index (χ0n) is 11.1. The van der Waals surface area contributed by atoms with Gasteiger partial charge in [0.05, 0.1) is 12.2 Å². The molecule has 0 bridgehead atoms. The molecule has 1 unspecified atom stereocenters. The Hall–Kier alpha value is -2.30. The number of para-hydroxylation sites is 1. The van der Waals surface area contributed by atoms with Crippen molar-refractivity contribution in [1.82, 2.24) is 15.5 Å². The van der Waals surface area contributed by atoms with Crippen LogP contribution in [-0.4, -0.2) is 28.8 Å². The molecule has 2 heterocycles. The molecule has 1 aliphatic rings. The van der Waals surface area contributed by atoms with Gasteiger partial charge in [0.15, 0.2) is 0 Å². The first kappa shape index (κ1) is 12.7. The van der Waals surface area contributed by atoms with Gasteiger partial charge >= 0.3 is 0 Å². The second-order valence-corrected chi connectivity index (χ2v) is 4.99. The number of nitrogens with zero attached hydrogens (tertiary/aromatic N) is 1. The summed E-state index contributed by atoms with van der Waals surface area (Å²) in [6.07, 6.45) is 5.55. The van der Waals surface area contributed by atoms with E-state index in [9.17, 15) is 4.79 Å². The molecule has 0 saturated carbocycles. The monoisotopic (exact) mass is 271 g/mol. The Morgan fingerprint density at radius 1 is 1.45 bits per heavy atom. The summed E-state index contributed by atoms with van der Waals surface area (Å²) in [7, 11) is 0. The van der Waals surface area contributed by atoms with Gasteiger partial charge in [-0.1, -0.05) is 18.2 Å². The average molecular weight is 271 g/mol. The van der Waals surface area contributed by atoms with E-state index in [1.54, 1.807) is 6.20 Å². The number of nitrogens with one attached hydrogen (secondary N) is 2. The van der Waals surface area contributed by atoms with Crippen LogP contribution in [0.25, 0.3) is 0 Å². The van der Waals surface area contributed by atoms with Crippen molar-refractivity contribution < 1.29 is 9.53 Å². The van der Waals surface area contributed by atoms with Crippen molar-refractivity contribution >= 4 is 5.91 Å². The predicted molar refractivity (Wildman–Crippen MR) is 74.5 cm³/mol. The molecule has 0 aliphatic carbocycles. The van der Waals surface area contributed by atoms with Crippen molar-refractivity contribution in [3.63, 3.8) is 0 Å². The number of benzene rings is 1. The van der Waals surface area contributed by atoms with Crippen LogP contribution in [-0.2, 0) is 17.6 Å². The van der Waals surface area contributed by atoms with Crippen LogP contribution < -0.4 is 10.1 Å². The second-order valence-electron chi connectivity index (χ2n) is 4.99. The summed E-state index contributed by atoms with van der Waals surface area (Å²) in [6, 6.07) is 8.01. The number of aromatic nitrogens is 2. The minimum absolute atomic E-state index is 0.0548. The second kappa shape index (κ2) is 5.77. The van der Waals surface area contributed by atoms with E-state index < -0.39 is 0 Å². The highest BCUT2D eigenvalue weighted by molar-refractivity contribution is 5.76. The fourth-order valence-corrected chi connectivity index (χ4v) is 2.39. The number of aromatic amines is 1. The Bertz CT molecular complexity index is 581. The SMILES string of the molecule is O=C(CCc1cn[nH]c1)NC1COc2ccccc2C1. The fourth-order valence-electron chi connectivity index (χ4n) is 2.39. The summed E-state index contributed by atoms with van der Waals surface area (Å²) in [5.74, 6) is 0.982. The molecule has 1 amide bonds. The first-order valence-corrected chi connectivity index (χ1v) is 6.79. The van der Waals surface area contributed by atoms with Crippen molar-refractivity contribution in [3.8, 4) is 5.75 Å². The molecule has 2 N–H and O–H groups in total. The summed E-state index contributed by atoms with van der Waals surface area (Å²) < 4.78 is 5.66. The Morgan fingerprint density at radius 3 is 3.20 bits per heavy atom. The number of hydrogen-bond acceptors (Lipinski definition) is 3. The van der Waals surface area contributed by atoms with E-state index in [0.29, 0.717) is 19.4 Å². The molecular formula is C15H17N3O2. The third kappa shape index (κ3) is 2.99. The van der Waals surface area contributed by atoms with Crippen LogP contribution >= 0.6 is 0 Å². The van der Waals surface area contributed by atoms with Gasteiger partial charge < -0.3 is 10.1 Å². The van der Waals surface area contributed by atoms with E-state index in [-0.39, 0.29) is 11.9 Å². The maximum Gasteiger partial charge on any atom is 0.220 e. The average Bonchev–Trinajstić information content (AvgIpc) is 2.98. The molecule has 0 radical (unpaired) electrons. The van der Waals surface area contributed by atoms with Crippen molar-refractivity contribution in [2.75, 3.05) is 6.61 Å². The van der Waals surface area contributed by atoms with Crippen LogP contribution in [0, 0.1) is 0 Å². The van der Waals surface area contributed by atoms with Crippen molar-refractivity contribution in [2.45, 2.75) is 25.3 Å². The van der Waals surface area contributed by atoms with Gasteiger partial charge in [-0.3, -0.25) is 9.89 Å². The zero-order valence-corrected chi connectivity index (χ0v) is 11.1. The van der Waals surface area contributed by atoms with Gasteiger partial charge in [0.2, 0.25) is 5.91 Å². The van der Waals surface area contributed by atoms with E-state index in [2.05, 4.69) is 15.5 Å². The number of rotatable bonds is 4. The smallest absolute Gasteiger partial charge is 0.220 e. The summed E-state index contributed by atoms with van der Waals surface area (Å²) in [6.45, 7) is 0.536. The van der Waals surface area contributed by atoms with E-state index >= 15 is 0 Å². The number of amides is 1. The topological polar surface area (TPSA) is 67.0 Å². The largest absolute Gasteiger partial charge is 0.491 e. The number of carbonyl (C=O) groups is 1. The highest BCUT2D eigenvalue weighted by Gasteiger charge is 2.20. The lowest BCUT2D eigenvalue weighted by molar-refractivity contribution is -0.122. The van der Waals surface area contributed by atoms with Crippen molar-refractivity contribution in [2.24, 2.45) is 0 Å². The molecule has 0 fully saturated rings. The number of aryl methyl sites for hydroxylation is 1. The third-order valence-corrected chi connectivity index (χ3v) is 3.44. The first-order chi connectivity index (χ1) is 9.81. The summed E-state index contributed by atoms with van der Waals surface area (Å²) in [5, 5.41) is 9.64. The Morgan fingerprint density at radius 2 is 2.35 bits per heavy atom. The highest BCUT2D eigenvalue weighted by Crippen LogP contribution is 2.23. The minimum Gasteiger partial charge on any atom is -0.491 e. The van der Waals surface area contributed by atoms with Crippen LogP contribution in [0.5, 0.6) is 5.75 Å². The van der Waals surface area contributed by atoms with Gasteiger partial charge in [0.25, 0.3) is 0 Å². The molecule has 104 valence electrons. The molecule has 5 heteroatoms. The zero-order chi connectivity index (χ0) is 13.8. The summed E-state index contributed by atoms with van der Waals surface area (Å²) in [4.78, 5) is 11.9. The fraction of sp³-hybridized carbons (Fsp3) is 0.333. The van der Waals surface area contributed by atoms with E-state index in [0.717, 1.165) is 23.3 Å². The lowest BCUT2D eigenvalue weighted by Gasteiger charge is -2.26. The summed E-state index contributed by atoms with van der Waals surface area (Å²) >= 11 is 0. The van der Waals surface area contributed by atoms with Crippen molar-refractivity contribution in [3.05, 3.63) is 47.8 Å². The molecule has 1 aromatic heterocycles. The molecule has 1 atom stereocenters. The molecule has 5 nitrogen and oxygen atoms in total. The predicted octanol–water partition coefficient (Wildman–Crippen LogP) is 1.46. The number of ether oxygens (including phenoxy) is 1. The van der Waals surface area contributed by atoms with Gasteiger partial charge in [0.1, 0.15) is 12.4 Å². The molecule has 0 spiro atoms. The lowest BCUT2D eigenvalue weighted by Crippen LogP contribution is -2.42. The minimum atomic E-state index is 0.0548. The standard InChI is InChI=1S/C15H17N3O2/c19-15(6-5-11-8-16-17-9-11)18-13-7-12-3-1-2-4-14(12)20-10-13/h1-4,8-9,13H,5-7,10H2,(H,16,17)(H,18,19). The number of fused-ring (bicyclic) bond motifs is 1. The highest BCUT2D eigenvalue weighted by atomic mass is 16.5. The van der Waals surface area contributed by atoms with E-state index in [1.165, 1.54) is 0 Å². The maximum atomic E-state index is 11.9. The lowest BCUT2D eigenvalue weighted by atomic mass is 10.0. The molecule has 20 heavy (non-hydrogen) atoms. The molecular weight excluding hydrogens is 254 g/mol. The Kier molecular flexibility index (Phi) is 3.67. The van der Waals surface area contributed by atoms with Crippen LogP contribution in [0.15, 0.2) is 36.7 Å². The van der Waals surface area contributed by atoms with Crippen LogP contribution in [0.4, 0.5) is 0 Å². The van der Waals surface area contributed by atoms with E-state index in [1.807, 2.05) is 30.5 Å². The maximum absolute atomic E-state index is 11.9. The molecule has 1 aliphatic heterocycles. The van der Waals surface area contributed by atoms with Gasteiger partial charge in [-0.2, -0.15) is 5.10 Å². The number of H-pyrrole nitrogens is 1. The summed E-state index contributed by atoms with van der Waals surface area (Å²) in [5.41, 5.74) is 2.20. The van der Waals surface area contributed by atoms with Gasteiger partial charge in [-0.15, -0.1) is 0 Å².